The van der Waals surface area contributed by atoms with Gasteiger partial charge in [0, 0.05) is 9.35 Å². The molecule has 0 fully saturated rings. The Balaban J connectivity index is 2.08. The lowest BCUT2D eigenvalue weighted by Gasteiger charge is -2.18. The zero-order valence-corrected chi connectivity index (χ0v) is 14.4. The number of benzene rings is 1. The molecule has 2 aromatic rings. The number of ether oxygens (including phenoxy) is 1. The normalized spacial score (nSPS) is 11.7. The van der Waals surface area contributed by atoms with E-state index in [1.54, 1.807) is 0 Å². The molecule has 0 aliphatic heterocycles. The Bertz CT molecular complexity index is 625. The summed E-state index contributed by atoms with van der Waals surface area (Å²) in [5.41, 5.74) is 0.869. The molecule has 1 unspecified atom stereocenters. The predicted molar refractivity (Wildman–Crippen MR) is 89.7 cm³/mol. The highest BCUT2D eigenvalue weighted by Crippen LogP contribution is 2.21. The fraction of sp³-hybridized carbons (Fsp3) is 0.250. The van der Waals surface area contributed by atoms with Gasteiger partial charge in [-0.2, -0.15) is 0 Å². The summed E-state index contributed by atoms with van der Waals surface area (Å²) in [6.45, 7) is 0. The molecule has 0 spiro atoms. The highest BCUT2D eigenvalue weighted by Gasteiger charge is 2.19. The first-order chi connectivity index (χ1) is 10.6. The number of methoxy groups -OCH3 is 1. The summed E-state index contributed by atoms with van der Waals surface area (Å²) in [6, 6.07) is 10.9. The van der Waals surface area contributed by atoms with Crippen LogP contribution in [0.1, 0.15) is 22.9 Å². The molecule has 22 heavy (non-hydrogen) atoms. The maximum atomic E-state index is 12.2. The Kier molecular flexibility index (Phi) is 6.15. The van der Waals surface area contributed by atoms with Gasteiger partial charge in [0.05, 0.1) is 26.0 Å². The number of hydrogen-bond acceptors (Lipinski definition) is 4. The number of rotatable bonds is 6. The molecular formula is C16H16BrNO3S. The average molecular weight is 382 g/mol. The molecule has 6 heteroatoms. The summed E-state index contributed by atoms with van der Waals surface area (Å²) in [6.07, 6.45) is 0.417. The van der Waals surface area contributed by atoms with Crippen LogP contribution >= 0.6 is 27.3 Å². The molecule has 1 aromatic carbocycles. The minimum absolute atomic E-state index is 0.105. The molecule has 1 aromatic heterocycles. The summed E-state index contributed by atoms with van der Waals surface area (Å²) >= 11 is 4.91. The van der Waals surface area contributed by atoms with E-state index in [-0.39, 0.29) is 18.3 Å². The highest BCUT2D eigenvalue weighted by molar-refractivity contribution is 9.10. The van der Waals surface area contributed by atoms with Gasteiger partial charge >= 0.3 is 5.97 Å². The minimum Gasteiger partial charge on any atom is -0.469 e. The van der Waals surface area contributed by atoms with Crippen LogP contribution in [0.15, 0.2) is 46.3 Å². The Morgan fingerprint density at radius 1 is 1.27 bits per heavy atom. The standard InChI is InChI=1S/C16H16BrNO3S/c1-21-16(20)10-14(11-4-6-12(17)7-5-11)18-15(19)9-13-3-2-8-22-13/h2-8,14H,9-10H2,1H3,(H,18,19). The zero-order chi connectivity index (χ0) is 15.9. The quantitative estimate of drug-likeness (QED) is 0.779. The van der Waals surface area contributed by atoms with E-state index < -0.39 is 6.04 Å². The second-order valence-electron chi connectivity index (χ2n) is 4.71. The molecule has 0 aliphatic rings. The molecule has 0 bridgehead atoms. The number of halogens is 1. The van der Waals surface area contributed by atoms with Crippen molar-refractivity contribution in [3.8, 4) is 0 Å². The van der Waals surface area contributed by atoms with E-state index in [0.717, 1.165) is 14.9 Å². The van der Waals surface area contributed by atoms with E-state index in [9.17, 15) is 9.59 Å². The molecule has 1 N–H and O–H groups in total. The SMILES string of the molecule is COC(=O)CC(NC(=O)Cc1cccs1)c1ccc(Br)cc1. The van der Waals surface area contributed by atoms with Crippen LogP contribution in [0.4, 0.5) is 0 Å². The van der Waals surface area contributed by atoms with E-state index in [1.807, 2.05) is 41.8 Å². The largest absolute Gasteiger partial charge is 0.469 e. The maximum Gasteiger partial charge on any atom is 0.307 e. The Morgan fingerprint density at radius 3 is 2.59 bits per heavy atom. The second kappa shape index (κ2) is 8.10. The molecule has 116 valence electrons. The van der Waals surface area contributed by atoms with Gasteiger partial charge < -0.3 is 10.1 Å². The van der Waals surface area contributed by atoms with Crippen molar-refractivity contribution in [3.05, 3.63) is 56.7 Å². The number of hydrogen-bond donors (Lipinski definition) is 1. The van der Waals surface area contributed by atoms with Gasteiger partial charge in [0.1, 0.15) is 0 Å². The third-order valence-electron chi connectivity index (χ3n) is 3.12. The van der Waals surface area contributed by atoms with Gasteiger partial charge in [-0.1, -0.05) is 34.1 Å². The molecule has 4 nitrogen and oxygen atoms in total. The average Bonchev–Trinajstić information content (AvgIpc) is 3.00. The van der Waals surface area contributed by atoms with Crippen LogP contribution in [0.5, 0.6) is 0 Å². The number of carbonyl (C=O) groups excluding carboxylic acids is 2. The van der Waals surface area contributed by atoms with E-state index in [4.69, 9.17) is 4.74 Å². The number of thiophene rings is 1. The Labute approximate surface area is 141 Å². The van der Waals surface area contributed by atoms with Crippen molar-refractivity contribution in [2.75, 3.05) is 7.11 Å². The third kappa shape index (κ3) is 4.96. The van der Waals surface area contributed by atoms with Gasteiger partial charge in [-0.3, -0.25) is 9.59 Å². The van der Waals surface area contributed by atoms with Crippen molar-refractivity contribution in [2.45, 2.75) is 18.9 Å². The zero-order valence-electron chi connectivity index (χ0n) is 12.0. The number of esters is 1. The van der Waals surface area contributed by atoms with Crippen LogP contribution in [-0.2, 0) is 20.7 Å². The number of amides is 1. The molecule has 1 amide bonds. The van der Waals surface area contributed by atoms with Gasteiger partial charge in [-0.15, -0.1) is 11.3 Å². The Morgan fingerprint density at radius 2 is 2.00 bits per heavy atom. The highest BCUT2D eigenvalue weighted by atomic mass is 79.9. The molecule has 0 saturated heterocycles. The summed E-state index contributed by atoms with van der Waals surface area (Å²) in [4.78, 5) is 24.7. The first-order valence-corrected chi connectivity index (χ1v) is 8.40. The lowest BCUT2D eigenvalue weighted by atomic mass is 10.0. The van der Waals surface area contributed by atoms with Crippen LogP contribution in [-0.4, -0.2) is 19.0 Å². The summed E-state index contributed by atoms with van der Waals surface area (Å²) in [7, 11) is 1.34. The van der Waals surface area contributed by atoms with Gasteiger partial charge in [0.25, 0.3) is 0 Å². The fourth-order valence-electron chi connectivity index (χ4n) is 2.01. The molecule has 2 rings (SSSR count). The first kappa shape index (κ1) is 16.7. The lowest BCUT2D eigenvalue weighted by Crippen LogP contribution is -2.31. The summed E-state index contributed by atoms with van der Waals surface area (Å²) in [5, 5.41) is 4.84. The number of nitrogens with one attached hydrogen (secondary N) is 1. The van der Waals surface area contributed by atoms with Gasteiger partial charge in [-0.25, -0.2) is 0 Å². The van der Waals surface area contributed by atoms with Crippen LogP contribution in [0.3, 0.4) is 0 Å². The predicted octanol–water partition coefficient (Wildman–Crippen LogP) is 3.47. The van der Waals surface area contributed by atoms with E-state index in [2.05, 4.69) is 21.2 Å². The van der Waals surface area contributed by atoms with Gasteiger partial charge in [-0.05, 0) is 29.1 Å². The van der Waals surface area contributed by atoms with Crippen LogP contribution in [0.2, 0.25) is 0 Å². The van der Waals surface area contributed by atoms with Crippen molar-refractivity contribution >= 4 is 39.1 Å². The van der Waals surface area contributed by atoms with Crippen LogP contribution in [0.25, 0.3) is 0 Å². The second-order valence-corrected chi connectivity index (χ2v) is 6.66. The summed E-state index contributed by atoms with van der Waals surface area (Å²) in [5.74, 6) is -0.469. The fourth-order valence-corrected chi connectivity index (χ4v) is 2.98. The van der Waals surface area contributed by atoms with Crippen molar-refractivity contribution in [1.29, 1.82) is 0 Å². The third-order valence-corrected chi connectivity index (χ3v) is 4.53. The van der Waals surface area contributed by atoms with Gasteiger partial charge in [0.15, 0.2) is 0 Å². The van der Waals surface area contributed by atoms with E-state index in [0.29, 0.717) is 6.42 Å². The molecule has 0 aliphatic carbocycles. The van der Waals surface area contributed by atoms with Crippen molar-refractivity contribution in [2.24, 2.45) is 0 Å². The lowest BCUT2D eigenvalue weighted by molar-refractivity contribution is -0.141. The van der Waals surface area contributed by atoms with Crippen LogP contribution in [0, 0.1) is 0 Å². The van der Waals surface area contributed by atoms with Crippen LogP contribution < -0.4 is 5.32 Å². The topological polar surface area (TPSA) is 55.4 Å². The molecule has 1 atom stereocenters. The van der Waals surface area contributed by atoms with E-state index >= 15 is 0 Å². The van der Waals surface area contributed by atoms with E-state index in [1.165, 1.54) is 18.4 Å². The molecule has 1 heterocycles. The molecule has 0 saturated carbocycles. The monoisotopic (exact) mass is 381 g/mol. The van der Waals surface area contributed by atoms with Crippen molar-refractivity contribution < 1.29 is 14.3 Å². The molecular weight excluding hydrogens is 366 g/mol. The van der Waals surface area contributed by atoms with Crippen molar-refractivity contribution in [1.82, 2.24) is 5.32 Å². The number of carbonyl (C=O) groups is 2. The first-order valence-electron chi connectivity index (χ1n) is 6.72. The molecule has 0 radical (unpaired) electrons. The smallest absolute Gasteiger partial charge is 0.307 e. The van der Waals surface area contributed by atoms with Gasteiger partial charge in [0.2, 0.25) is 5.91 Å². The maximum absolute atomic E-state index is 12.2. The summed E-state index contributed by atoms with van der Waals surface area (Å²) < 4.78 is 5.66. The van der Waals surface area contributed by atoms with Crippen molar-refractivity contribution in [3.63, 3.8) is 0 Å². The Hall–Kier alpha value is -1.66. The minimum atomic E-state index is -0.395.